The zero-order chi connectivity index (χ0) is 21.9. The van der Waals surface area contributed by atoms with Gasteiger partial charge in [-0.2, -0.15) is 0 Å². The standard InChI is InChI=1S/C26H39N3O/c1-6-9-16-28(15-8-3)17-18-29-25-14-13-23(12-11-21(4)22(5)20-30)19-24(25)27-26(29)10-7-2/h11-14,19,30H,4-10,15-18,20H2,1-3H3/b12-11+. The maximum atomic E-state index is 9.19. The van der Waals surface area contributed by atoms with E-state index in [0.717, 1.165) is 49.1 Å². The molecule has 1 N–H and O–H groups in total. The van der Waals surface area contributed by atoms with Crippen LogP contribution >= 0.6 is 0 Å². The molecule has 0 amide bonds. The van der Waals surface area contributed by atoms with Crippen LogP contribution in [-0.4, -0.2) is 45.8 Å². The van der Waals surface area contributed by atoms with E-state index in [1.807, 2.05) is 12.2 Å². The molecule has 0 saturated carbocycles. The highest BCUT2D eigenvalue weighted by atomic mass is 16.3. The molecule has 0 aliphatic heterocycles. The number of hydrogen-bond donors (Lipinski definition) is 1. The van der Waals surface area contributed by atoms with Crippen molar-refractivity contribution >= 4 is 17.1 Å². The molecule has 0 bridgehead atoms. The van der Waals surface area contributed by atoms with Crippen molar-refractivity contribution in [2.45, 2.75) is 59.4 Å². The summed E-state index contributed by atoms with van der Waals surface area (Å²) in [5.74, 6) is 1.18. The molecule has 0 atom stereocenters. The number of aliphatic hydroxyl groups excluding tert-OH is 1. The molecule has 2 rings (SSSR count). The van der Waals surface area contributed by atoms with E-state index in [9.17, 15) is 5.11 Å². The van der Waals surface area contributed by atoms with Crippen molar-refractivity contribution in [2.24, 2.45) is 0 Å². The average Bonchev–Trinajstić information content (AvgIpc) is 3.09. The molecule has 0 radical (unpaired) electrons. The van der Waals surface area contributed by atoms with Crippen LogP contribution in [0.15, 0.2) is 48.6 Å². The summed E-state index contributed by atoms with van der Waals surface area (Å²) in [6.07, 6.45) is 9.69. The van der Waals surface area contributed by atoms with Gasteiger partial charge in [-0.05, 0) is 61.2 Å². The minimum atomic E-state index is -0.0691. The summed E-state index contributed by atoms with van der Waals surface area (Å²) in [6.45, 7) is 18.8. The maximum absolute atomic E-state index is 9.19. The van der Waals surface area contributed by atoms with E-state index in [-0.39, 0.29) is 6.61 Å². The van der Waals surface area contributed by atoms with Gasteiger partial charge in [-0.15, -0.1) is 0 Å². The lowest BCUT2D eigenvalue weighted by Crippen LogP contribution is -2.29. The molecule has 4 heteroatoms. The molecular formula is C26H39N3O. The first kappa shape index (κ1) is 24.1. The van der Waals surface area contributed by atoms with Gasteiger partial charge in [0.2, 0.25) is 0 Å². The van der Waals surface area contributed by atoms with Crippen molar-refractivity contribution in [3.8, 4) is 0 Å². The lowest BCUT2D eigenvalue weighted by atomic mass is 10.1. The fourth-order valence-corrected chi connectivity index (χ4v) is 3.66. The summed E-state index contributed by atoms with van der Waals surface area (Å²) in [6, 6.07) is 6.45. The number of aromatic nitrogens is 2. The number of hydrogen-bond acceptors (Lipinski definition) is 3. The van der Waals surface area contributed by atoms with Crippen LogP contribution in [-0.2, 0) is 13.0 Å². The number of imidazole rings is 1. The number of aliphatic hydroxyl groups is 1. The monoisotopic (exact) mass is 409 g/mol. The Morgan fingerprint density at radius 2 is 1.90 bits per heavy atom. The minimum absolute atomic E-state index is 0.0691. The highest BCUT2D eigenvalue weighted by Crippen LogP contribution is 2.21. The molecule has 1 aromatic heterocycles. The Morgan fingerprint density at radius 1 is 1.10 bits per heavy atom. The molecule has 2 aromatic rings. The SMILES string of the molecule is C=C(/C=C/c1ccc2c(c1)nc(CCC)n2CCN(CCC)CCCC)C(=C)CO. The minimum Gasteiger partial charge on any atom is -0.392 e. The largest absolute Gasteiger partial charge is 0.392 e. The smallest absolute Gasteiger partial charge is 0.109 e. The van der Waals surface area contributed by atoms with Gasteiger partial charge in [0.1, 0.15) is 5.82 Å². The van der Waals surface area contributed by atoms with Crippen LogP contribution < -0.4 is 0 Å². The molecule has 164 valence electrons. The summed E-state index contributed by atoms with van der Waals surface area (Å²) in [7, 11) is 0. The van der Waals surface area contributed by atoms with Gasteiger partial charge >= 0.3 is 0 Å². The second kappa shape index (κ2) is 12.5. The number of unbranched alkanes of at least 4 members (excludes halogenated alkanes) is 1. The Balaban J connectivity index is 2.23. The predicted octanol–water partition coefficient (Wildman–Crippen LogP) is 5.62. The van der Waals surface area contributed by atoms with Crippen LogP contribution in [0.3, 0.4) is 0 Å². The molecule has 0 aliphatic rings. The Bertz CT molecular complexity index is 863. The van der Waals surface area contributed by atoms with Crippen LogP contribution in [0.5, 0.6) is 0 Å². The Kier molecular flexibility index (Phi) is 10.0. The van der Waals surface area contributed by atoms with Crippen LogP contribution in [0.2, 0.25) is 0 Å². The van der Waals surface area contributed by atoms with Gasteiger partial charge in [0, 0.05) is 19.5 Å². The number of aryl methyl sites for hydroxylation is 1. The summed E-state index contributed by atoms with van der Waals surface area (Å²) in [4.78, 5) is 7.54. The topological polar surface area (TPSA) is 41.3 Å². The first-order chi connectivity index (χ1) is 14.5. The summed E-state index contributed by atoms with van der Waals surface area (Å²) < 4.78 is 2.41. The zero-order valence-corrected chi connectivity index (χ0v) is 19.2. The number of nitrogens with zero attached hydrogens (tertiary/aromatic N) is 3. The number of rotatable bonds is 14. The second-order valence-electron chi connectivity index (χ2n) is 7.99. The molecule has 0 saturated heterocycles. The van der Waals surface area contributed by atoms with Gasteiger partial charge in [0.15, 0.2) is 0 Å². The molecule has 30 heavy (non-hydrogen) atoms. The maximum Gasteiger partial charge on any atom is 0.109 e. The van der Waals surface area contributed by atoms with Crippen molar-refractivity contribution in [3.05, 3.63) is 60.0 Å². The first-order valence-electron chi connectivity index (χ1n) is 11.4. The molecule has 1 heterocycles. The molecule has 0 aliphatic carbocycles. The van der Waals surface area contributed by atoms with E-state index in [0.29, 0.717) is 5.57 Å². The highest BCUT2D eigenvalue weighted by molar-refractivity contribution is 5.79. The van der Waals surface area contributed by atoms with Gasteiger partial charge in [-0.25, -0.2) is 4.98 Å². The van der Waals surface area contributed by atoms with Gasteiger partial charge in [-0.1, -0.05) is 58.6 Å². The van der Waals surface area contributed by atoms with Crippen molar-refractivity contribution in [1.82, 2.24) is 14.5 Å². The van der Waals surface area contributed by atoms with Crippen LogP contribution in [0.1, 0.15) is 57.8 Å². The van der Waals surface area contributed by atoms with Crippen molar-refractivity contribution in [1.29, 1.82) is 0 Å². The van der Waals surface area contributed by atoms with E-state index >= 15 is 0 Å². The van der Waals surface area contributed by atoms with E-state index in [4.69, 9.17) is 4.98 Å². The molecular weight excluding hydrogens is 370 g/mol. The average molecular weight is 410 g/mol. The third kappa shape index (κ3) is 6.68. The Labute approximate surface area is 182 Å². The van der Waals surface area contributed by atoms with Crippen LogP contribution in [0, 0.1) is 0 Å². The summed E-state index contributed by atoms with van der Waals surface area (Å²) >= 11 is 0. The predicted molar refractivity (Wildman–Crippen MR) is 130 cm³/mol. The van der Waals surface area contributed by atoms with Gasteiger partial charge in [0.25, 0.3) is 0 Å². The molecule has 0 unspecified atom stereocenters. The molecule has 4 nitrogen and oxygen atoms in total. The second-order valence-corrected chi connectivity index (χ2v) is 7.99. The van der Waals surface area contributed by atoms with Gasteiger partial charge in [-0.3, -0.25) is 0 Å². The normalized spacial score (nSPS) is 11.8. The van der Waals surface area contributed by atoms with E-state index in [1.54, 1.807) is 0 Å². The third-order valence-electron chi connectivity index (χ3n) is 5.45. The number of allylic oxidation sites excluding steroid dienone is 1. The van der Waals surface area contributed by atoms with Crippen molar-refractivity contribution in [3.63, 3.8) is 0 Å². The lowest BCUT2D eigenvalue weighted by Gasteiger charge is -2.22. The van der Waals surface area contributed by atoms with Gasteiger partial charge in [0.05, 0.1) is 17.6 Å². The van der Waals surface area contributed by atoms with Gasteiger partial charge < -0.3 is 14.6 Å². The fourth-order valence-electron chi connectivity index (χ4n) is 3.66. The summed E-state index contributed by atoms with van der Waals surface area (Å²) in [5, 5.41) is 9.19. The summed E-state index contributed by atoms with van der Waals surface area (Å²) in [5.41, 5.74) is 4.72. The van der Waals surface area contributed by atoms with E-state index in [2.05, 4.69) is 61.6 Å². The van der Waals surface area contributed by atoms with Crippen molar-refractivity contribution < 1.29 is 5.11 Å². The molecule has 0 spiro atoms. The van der Waals surface area contributed by atoms with Crippen molar-refractivity contribution in [2.75, 3.05) is 26.2 Å². The molecule has 0 fully saturated rings. The zero-order valence-electron chi connectivity index (χ0n) is 19.2. The molecule has 1 aromatic carbocycles. The first-order valence-corrected chi connectivity index (χ1v) is 11.4. The lowest BCUT2D eigenvalue weighted by molar-refractivity contribution is 0.259. The van der Waals surface area contributed by atoms with Crippen LogP contribution in [0.4, 0.5) is 0 Å². The highest BCUT2D eigenvalue weighted by Gasteiger charge is 2.12. The number of fused-ring (bicyclic) bond motifs is 1. The fraction of sp³-hybridized carbons (Fsp3) is 0.500. The number of benzene rings is 1. The quantitative estimate of drug-likeness (QED) is 0.412. The third-order valence-corrected chi connectivity index (χ3v) is 5.45. The Morgan fingerprint density at radius 3 is 2.57 bits per heavy atom. The van der Waals surface area contributed by atoms with Crippen LogP contribution in [0.25, 0.3) is 17.1 Å². The Hall–Kier alpha value is -2.17. The van der Waals surface area contributed by atoms with E-state index in [1.165, 1.54) is 37.1 Å². The van der Waals surface area contributed by atoms with E-state index < -0.39 is 0 Å².